The van der Waals surface area contributed by atoms with Crippen LogP contribution in [0.3, 0.4) is 0 Å². The van der Waals surface area contributed by atoms with E-state index in [1.165, 1.54) is 0 Å². The van der Waals surface area contributed by atoms with E-state index in [4.69, 9.17) is 9.47 Å². The lowest BCUT2D eigenvalue weighted by Gasteiger charge is -2.14. The van der Waals surface area contributed by atoms with Crippen molar-refractivity contribution in [2.45, 2.75) is 34.0 Å². The maximum atomic E-state index is 5.12. The van der Waals surface area contributed by atoms with Crippen molar-refractivity contribution < 1.29 is 9.47 Å². The molecule has 0 saturated heterocycles. The van der Waals surface area contributed by atoms with E-state index >= 15 is 0 Å². The molecule has 0 heterocycles. The molecule has 1 N–H and O–H groups in total. The fourth-order valence-corrected chi connectivity index (χ4v) is 2.45. The summed E-state index contributed by atoms with van der Waals surface area (Å²) in [6.07, 6.45) is -0.130. The molecule has 90 valence electrons. The Morgan fingerprint density at radius 1 is 1.07 bits per heavy atom. The number of rotatable bonds is 6. The van der Waals surface area contributed by atoms with Crippen molar-refractivity contribution in [2.75, 3.05) is 27.3 Å². The standard InChI is InChI=1S/C12H25NO2/c1-11(2)9(12(11,3)4)7-13-8-10(14-5)15-6/h9-10,13H,7-8H2,1-6H3. The molecule has 0 aliphatic heterocycles. The molecule has 15 heavy (non-hydrogen) atoms. The molecule has 1 fully saturated rings. The molecular weight excluding hydrogens is 190 g/mol. The zero-order chi connectivity index (χ0) is 11.7. The summed E-state index contributed by atoms with van der Waals surface area (Å²) in [5.41, 5.74) is 0.908. The minimum Gasteiger partial charge on any atom is -0.355 e. The Morgan fingerprint density at radius 2 is 1.53 bits per heavy atom. The first-order valence-corrected chi connectivity index (χ1v) is 5.64. The Bertz CT molecular complexity index is 196. The Hall–Kier alpha value is -0.120. The van der Waals surface area contributed by atoms with Gasteiger partial charge in [-0.3, -0.25) is 0 Å². The summed E-state index contributed by atoms with van der Waals surface area (Å²) in [5, 5.41) is 3.41. The molecule has 0 atom stereocenters. The van der Waals surface area contributed by atoms with E-state index in [0.717, 1.165) is 19.0 Å². The average Bonchev–Trinajstić information content (AvgIpc) is 2.54. The number of nitrogens with one attached hydrogen (secondary N) is 1. The second kappa shape index (κ2) is 4.40. The van der Waals surface area contributed by atoms with Gasteiger partial charge in [0.15, 0.2) is 6.29 Å². The zero-order valence-electron chi connectivity index (χ0n) is 10.9. The minimum absolute atomic E-state index is 0.130. The van der Waals surface area contributed by atoms with Crippen LogP contribution in [0.15, 0.2) is 0 Å². The molecule has 0 aromatic rings. The van der Waals surface area contributed by atoms with Gasteiger partial charge in [0.05, 0.1) is 0 Å². The molecule has 1 saturated carbocycles. The quantitative estimate of drug-likeness (QED) is 0.686. The van der Waals surface area contributed by atoms with Crippen LogP contribution in [0.1, 0.15) is 27.7 Å². The van der Waals surface area contributed by atoms with Crippen LogP contribution in [0, 0.1) is 16.7 Å². The summed E-state index contributed by atoms with van der Waals surface area (Å²) >= 11 is 0. The highest BCUT2D eigenvalue weighted by Gasteiger charge is 2.63. The van der Waals surface area contributed by atoms with Crippen LogP contribution in [0.2, 0.25) is 0 Å². The Labute approximate surface area is 93.5 Å². The SMILES string of the molecule is COC(CNCC1C(C)(C)C1(C)C)OC. The van der Waals surface area contributed by atoms with E-state index in [9.17, 15) is 0 Å². The van der Waals surface area contributed by atoms with E-state index in [1.807, 2.05) is 0 Å². The molecule has 0 aromatic heterocycles. The molecule has 3 heteroatoms. The molecule has 3 nitrogen and oxygen atoms in total. The second-order valence-corrected chi connectivity index (χ2v) is 5.56. The van der Waals surface area contributed by atoms with Crippen LogP contribution in [-0.4, -0.2) is 33.6 Å². The topological polar surface area (TPSA) is 30.5 Å². The lowest BCUT2D eigenvalue weighted by molar-refractivity contribution is -0.0988. The first-order chi connectivity index (χ1) is 6.87. The maximum Gasteiger partial charge on any atom is 0.169 e. The van der Waals surface area contributed by atoms with Gasteiger partial charge in [-0.25, -0.2) is 0 Å². The molecule has 0 amide bonds. The number of hydrogen-bond acceptors (Lipinski definition) is 3. The van der Waals surface area contributed by atoms with Gasteiger partial charge in [-0.15, -0.1) is 0 Å². The van der Waals surface area contributed by atoms with Gasteiger partial charge >= 0.3 is 0 Å². The molecule has 0 radical (unpaired) electrons. The van der Waals surface area contributed by atoms with Gasteiger partial charge in [0.25, 0.3) is 0 Å². The highest BCUT2D eigenvalue weighted by molar-refractivity contribution is 5.12. The Morgan fingerprint density at radius 3 is 1.87 bits per heavy atom. The van der Waals surface area contributed by atoms with Crippen molar-refractivity contribution in [3.8, 4) is 0 Å². The highest BCUT2D eigenvalue weighted by Crippen LogP contribution is 2.67. The van der Waals surface area contributed by atoms with Gasteiger partial charge in [0.2, 0.25) is 0 Å². The fraction of sp³-hybridized carbons (Fsp3) is 1.00. The molecule has 1 aliphatic carbocycles. The Kier molecular flexibility index (Phi) is 3.80. The summed E-state index contributed by atoms with van der Waals surface area (Å²) in [6, 6.07) is 0. The van der Waals surface area contributed by atoms with E-state index < -0.39 is 0 Å². The van der Waals surface area contributed by atoms with Crippen molar-refractivity contribution in [3.05, 3.63) is 0 Å². The number of hydrogen-bond donors (Lipinski definition) is 1. The number of methoxy groups -OCH3 is 2. The fourth-order valence-electron chi connectivity index (χ4n) is 2.45. The molecule has 1 aliphatic rings. The lowest BCUT2D eigenvalue weighted by atomic mass is 10.0. The first-order valence-electron chi connectivity index (χ1n) is 5.64. The molecular formula is C12H25NO2. The van der Waals surface area contributed by atoms with Crippen LogP contribution in [-0.2, 0) is 9.47 Å². The van der Waals surface area contributed by atoms with Gasteiger partial charge in [-0.2, -0.15) is 0 Å². The molecule has 1 rings (SSSR count). The molecule has 0 unspecified atom stereocenters. The second-order valence-electron chi connectivity index (χ2n) is 5.56. The summed E-state index contributed by atoms with van der Waals surface area (Å²) < 4.78 is 10.2. The lowest BCUT2D eigenvalue weighted by Crippen LogP contribution is -2.31. The van der Waals surface area contributed by atoms with Crippen LogP contribution in [0.5, 0.6) is 0 Å². The summed E-state index contributed by atoms with van der Waals surface area (Å²) in [4.78, 5) is 0. The van der Waals surface area contributed by atoms with Gasteiger partial charge in [0, 0.05) is 20.8 Å². The smallest absolute Gasteiger partial charge is 0.169 e. The average molecular weight is 215 g/mol. The predicted molar refractivity (Wildman–Crippen MR) is 61.7 cm³/mol. The van der Waals surface area contributed by atoms with Crippen molar-refractivity contribution in [1.82, 2.24) is 5.32 Å². The van der Waals surface area contributed by atoms with Gasteiger partial charge in [-0.1, -0.05) is 27.7 Å². The van der Waals surface area contributed by atoms with Gasteiger partial charge < -0.3 is 14.8 Å². The van der Waals surface area contributed by atoms with E-state index in [1.54, 1.807) is 14.2 Å². The van der Waals surface area contributed by atoms with E-state index in [2.05, 4.69) is 33.0 Å². The molecule has 0 spiro atoms. The van der Waals surface area contributed by atoms with Crippen molar-refractivity contribution in [2.24, 2.45) is 16.7 Å². The minimum atomic E-state index is -0.130. The third kappa shape index (κ3) is 2.35. The predicted octanol–water partition coefficient (Wildman–Crippen LogP) is 1.88. The van der Waals surface area contributed by atoms with Crippen LogP contribution >= 0.6 is 0 Å². The van der Waals surface area contributed by atoms with Gasteiger partial charge in [0.1, 0.15) is 0 Å². The highest BCUT2D eigenvalue weighted by atomic mass is 16.7. The summed E-state index contributed by atoms with van der Waals surface area (Å²) in [5.74, 6) is 0.749. The van der Waals surface area contributed by atoms with Crippen LogP contribution < -0.4 is 5.32 Å². The monoisotopic (exact) mass is 215 g/mol. The van der Waals surface area contributed by atoms with Crippen molar-refractivity contribution in [1.29, 1.82) is 0 Å². The van der Waals surface area contributed by atoms with Crippen molar-refractivity contribution >= 4 is 0 Å². The van der Waals surface area contributed by atoms with Gasteiger partial charge in [-0.05, 0) is 23.3 Å². The van der Waals surface area contributed by atoms with Crippen LogP contribution in [0.25, 0.3) is 0 Å². The van der Waals surface area contributed by atoms with E-state index in [0.29, 0.717) is 10.8 Å². The molecule has 0 bridgehead atoms. The summed E-state index contributed by atoms with van der Waals surface area (Å²) in [6.45, 7) is 11.2. The maximum absolute atomic E-state index is 5.12. The van der Waals surface area contributed by atoms with E-state index in [-0.39, 0.29) is 6.29 Å². The largest absolute Gasteiger partial charge is 0.355 e. The molecule has 0 aromatic carbocycles. The third-order valence-electron chi connectivity index (χ3n) is 4.50. The third-order valence-corrected chi connectivity index (χ3v) is 4.50. The normalized spacial score (nSPS) is 23.4. The first kappa shape index (κ1) is 12.9. The summed E-state index contributed by atoms with van der Waals surface area (Å²) in [7, 11) is 3.34. The number of ether oxygens (including phenoxy) is 2. The Balaban J connectivity index is 2.23. The zero-order valence-corrected chi connectivity index (χ0v) is 10.9. The van der Waals surface area contributed by atoms with Crippen LogP contribution in [0.4, 0.5) is 0 Å². The van der Waals surface area contributed by atoms with Crippen molar-refractivity contribution in [3.63, 3.8) is 0 Å².